The van der Waals surface area contributed by atoms with Gasteiger partial charge in [0.05, 0.1) is 12.3 Å². The molecule has 2 aromatic rings. The lowest BCUT2D eigenvalue weighted by Gasteiger charge is -2.06. The largest absolute Gasteiger partial charge is 0.478 e. The Bertz CT molecular complexity index is 692. The van der Waals surface area contributed by atoms with E-state index in [1.54, 1.807) is 12.3 Å². The molecule has 0 unspecified atom stereocenters. The highest BCUT2D eigenvalue weighted by atomic mass is 16.5. The van der Waals surface area contributed by atoms with Gasteiger partial charge in [-0.25, -0.2) is 9.78 Å². The van der Waals surface area contributed by atoms with Crippen molar-refractivity contribution in [1.82, 2.24) is 15.3 Å². The number of hydrogen-bond acceptors (Lipinski definition) is 5. The summed E-state index contributed by atoms with van der Waals surface area (Å²) in [6, 6.07) is 3.56. The Morgan fingerprint density at radius 3 is 2.92 bits per heavy atom. The highest BCUT2D eigenvalue weighted by molar-refractivity contribution is 5.86. The van der Waals surface area contributed by atoms with E-state index in [-0.39, 0.29) is 12.0 Å². The molecular formula is C17H22N4O3. The van der Waals surface area contributed by atoms with Gasteiger partial charge in [-0.2, -0.15) is 4.98 Å². The summed E-state index contributed by atoms with van der Waals surface area (Å²) < 4.78 is 10.9. The zero-order chi connectivity index (χ0) is 16.9. The van der Waals surface area contributed by atoms with Gasteiger partial charge in [0.1, 0.15) is 5.76 Å². The molecule has 0 atom stereocenters. The molecule has 24 heavy (non-hydrogen) atoms. The van der Waals surface area contributed by atoms with Gasteiger partial charge in [0.25, 0.3) is 0 Å². The van der Waals surface area contributed by atoms with Crippen LogP contribution in [0.4, 0.5) is 10.8 Å². The van der Waals surface area contributed by atoms with Crippen LogP contribution in [0.1, 0.15) is 49.1 Å². The Kier molecular flexibility index (Phi) is 4.98. The average Bonchev–Trinajstić information content (AvgIpc) is 3.36. The summed E-state index contributed by atoms with van der Waals surface area (Å²) in [7, 11) is 0. The van der Waals surface area contributed by atoms with E-state index in [0.717, 1.165) is 36.3 Å². The van der Waals surface area contributed by atoms with Gasteiger partial charge in [0, 0.05) is 24.7 Å². The Labute approximate surface area is 140 Å². The third kappa shape index (κ3) is 4.24. The molecule has 0 spiro atoms. The highest BCUT2D eigenvalue weighted by Gasteiger charge is 2.29. The minimum Gasteiger partial charge on any atom is -0.478 e. The Hall–Kier alpha value is -2.57. The normalized spacial score (nSPS) is 13.6. The first-order valence-corrected chi connectivity index (χ1v) is 8.25. The van der Waals surface area contributed by atoms with E-state index < -0.39 is 0 Å². The average molecular weight is 330 g/mol. The van der Waals surface area contributed by atoms with Crippen LogP contribution < -0.4 is 15.4 Å². The maximum atomic E-state index is 11.9. The van der Waals surface area contributed by atoms with Crippen LogP contribution in [-0.2, 0) is 6.54 Å². The fraction of sp³-hybridized carbons (Fsp3) is 0.471. The lowest BCUT2D eigenvalue weighted by Crippen LogP contribution is -2.28. The van der Waals surface area contributed by atoms with Gasteiger partial charge in [-0.1, -0.05) is 13.0 Å². The van der Waals surface area contributed by atoms with Crippen LogP contribution in [0.15, 0.2) is 22.7 Å². The zero-order valence-corrected chi connectivity index (χ0v) is 14.0. The second kappa shape index (κ2) is 7.33. The van der Waals surface area contributed by atoms with Gasteiger partial charge in [-0.05, 0) is 31.7 Å². The third-order valence-corrected chi connectivity index (χ3v) is 3.72. The fourth-order valence-electron chi connectivity index (χ4n) is 2.33. The number of nitrogens with one attached hydrogen (secondary N) is 2. The minimum atomic E-state index is -0.357. The number of urea groups is 1. The Morgan fingerprint density at radius 2 is 2.25 bits per heavy atom. The molecule has 7 heteroatoms. The van der Waals surface area contributed by atoms with Crippen LogP contribution in [0.5, 0.6) is 5.88 Å². The number of aryl methyl sites for hydroxylation is 1. The number of hydrogen-bond donors (Lipinski definition) is 2. The molecule has 0 aromatic carbocycles. The smallest absolute Gasteiger partial charge is 0.323 e. The summed E-state index contributed by atoms with van der Waals surface area (Å²) in [6.45, 7) is 4.92. The highest BCUT2D eigenvalue weighted by Crippen LogP contribution is 2.41. The molecular weight excluding hydrogens is 308 g/mol. The van der Waals surface area contributed by atoms with E-state index in [1.807, 2.05) is 19.9 Å². The van der Waals surface area contributed by atoms with Crippen LogP contribution in [0.3, 0.4) is 0 Å². The summed E-state index contributed by atoms with van der Waals surface area (Å²) in [5.74, 6) is 1.86. The van der Waals surface area contributed by atoms with Crippen molar-refractivity contribution in [3.05, 3.63) is 35.3 Å². The van der Waals surface area contributed by atoms with E-state index in [0.29, 0.717) is 24.9 Å². The molecule has 0 saturated heterocycles. The molecule has 1 fully saturated rings. The van der Waals surface area contributed by atoms with E-state index in [9.17, 15) is 4.79 Å². The lowest BCUT2D eigenvalue weighted by atomic mass is 10.2. The topological polar surface area (TPSA) is 89.3 Å². The number of aromatic nitrogens is 2. The first kappa shape index (κ1) is 16.3. The number of oxazole rings is 1. The molecule has 0 radical (unpaired) electrons. The number of nitrogens with zero attached hydrogens (tertiary/aromatic N) is 2. The van der Waals surface area contributed by atoms with E-state index >= 15 is 0 Å². The number of pyridine rings is 1. The molecule has 2 aromatic heterocycles. The van der Waals surface area contributed by atoms with Gasteiger partial charge in [-0.15, -0.1) is 0 Å². The molecule has 1 aliphatic carbocycles. The monoisotopic (exact) mass is 330 g/mol. The van der Waals surface area contributed by atoms with Crippen LogP contribution in [0.25, 0.3) is 0 Å². The van der Waals surface area contributed by atoms with Crippen LogP contribution >= 0.6 is 0 Å². The summed E-state index contributed by atoms with van der Waals surface area (Å²) in [4.78, 5) is 20.5. The number of rotatable bonds is 7. The van der Waals surface area contributed by atoms with Gasteiger partial charge in [0.15, 0.2) is 0 Å². The first-order chi connectivity index (χ1) is 11.7. The number of carbonyl (C=O) groups is 1. The van der Waals surface area contributed by atoms with Gasteiger partial charge >= 0.3 is 12.0 Å². The van der Waals surface area contributed by atoms with Crippen molar-refractivity contribution >= 4 is 12.0 Å². The summed E-state index contributed by atoms with van der Waals surface area (Å²) in [6.07, 6.45) is 4.91. The molecule has 3 rings (SSSR count). The molecule has 0 aliphatic heterocycles. The van der Waals surface area contributed by atoms with Gasteiger partial charge < -0.3 is 14.5 Å². The molecule has 2 N–H and O–H groups in total. The lowest BCUT2D eigenvalue weighted by molar-refractivity contribution is 0.251. The summed E-state index contributed by atoms with van der Waals surface area (Å²) >= 11 is 0. The number of amides is 2. The van der Waals surface area contributed by atoms with Crippen molar-refractivity contribution in [2.24, 2.45) is 0 Å². The Morgan fingerprint density at radius 1 is 1.42 bits per heavy atom. The molecule has 7 nitrogen and oxygen atoms in total. The maximum Gasteiger partial charge on any atom is 0.323 e. The minimum absolute atomic E-state index is 0.244. The first-order valence-electron chi connectivity index (χ1n) is 8.25. The van der Waals surface area contributed by atoms with Crippen molar-refractivity contribution < 1.29 is 13.9 Å². The molecule has 128 valence electrons. The standard InChI is InChI=1S/C17H22N4O3/c1-3-8-23-14-7-4-12(9-18-14)10-19-16(22)21-17-20-15(11(2)24-17)13-5-6-13/h4,7,9,13H,3,5-6,8,10H2,1-2H3,(H2,19,20,21,22). The summed E-state index contributed by atoms with van der Waals surface area (Å²) in [5.41, 5.74) is 1.84. The van der Waals surface area contributed by atoms with Crippen molar-refractivity contribution in [2.75, 3.05) is 11.9 Å². The van der Waals surface area contributed by atoms with Gasteiger partial charge in [-0.3, -0.25) is 5.32 Å². The predicted octanol–water partition coefficient (Wildman–Crippen LogP) is 3.37. The van der Waals surface area contributed by atoms with Crippen LogP contribution in [0, 0.1) is 6.92 Å². The SMILES string of the molecule is CCCOc1ccc(CNC(=O)Nc2nc(C3CC3)c(C)o2)cn1. The Balaban J connectivity index is 1.47. The van der Waals surface area contributed by atoms with Crippen LogP contribution in [-0.4, -0.2) is 22.6 Å². The van der Waals surface area contributed by atoms with E-state index in [1.165, 1.54) is 0 Å². The number of carbonyl (C=O) groups excluding carboxylic acids is 1. The number of anilines is 1. The maximum absolute atomic E-state index is 11.9. The van der Waals surface area contributed by atoms with E-state index in [4.69, 9.17) is 9.15 Å². The van der Waals surface area contributed by atoms with Crippen molar-refractivity contribution in [3.63, 3.8) is 0 Å². The van der Waals surface area contributed by atoms with Crippen LogP contribution in [0.2, 0.25) is 0 Å². The molecule has 1 aliphatic rings. The second-order valence-electron chi connectivity index (χ2n) is 5.90. The predicted molar refractivity (Wildman–Crippen MR) is 89.1 cm³/mol. The van der Waals surface area contributed by atoms with Crippen molar-refractivity contribution in [2.45, 2.75) is 45.6 Å². The van der Waals surface area contributed by atoms with E-state index in [2.05, 4.69) is 20.6 Å². The second-order valence-corrected chi connectivity index (χ2v) is 5.90. The van der Waals surface area contributed by atoms with Crippen molar-refractivity contribution in [1.29, 1.82) is 0 Å². The molecule has 2 amide bonds. The summed E-state index contributed by atoms with van der Waals surface area (Å²) in [5, 5.41) is 5.38. The molecule has 1 saturated carbocycles. The quantitative estimate of drug-likeness (QED) is 0.812. The zero-order valence-electron chi connectivity index (χ0n) is 14.0. The third-order valence-electron chi connectivity index (χ3n) is 3.72. The molecule has 0 bridgehead atoms. The fourth-order valence-corrected chi connectivity index (χ4v) is 2.33. The van der Waals surface area contributed by atoms with Crippen molar-refractivity contribution in [3.8, 4) is 5.88 Å². The molecule has 2 heterocycles. The number of ether oxygens (including phenoxy) is 1. The van der Waals surface area contributed by atoms with Gasteiger partial charge in [0.2, 0.25) is 5.88 Å².